The molecule has 2 unspecified atom stereocenters. The SMILES string of the molecule is CC1CCCCN1CCN1CCCCC1C. The zero-order valence-corrected chi connectivity index (χ0v) is 11.1. The van der Waals surface area contributed by atoms with Gasteiger partial charge in [0.05, 0.1) is 0 Å². The molecular formula is C14H28N2. The number of hydrogen-bond acceptors (Lipinski definition) is 2. The minimum atomic E-state index is 0.828. The summed E-state index contributed by atoms with van der Waals surface area (Å²) in [6, 6.07) is 1.66. The number of nitrogens with zero attached hydrogens (tertiary/aromatic N) is 2. The highest BCUT2D eigenvalue weighted by molar-refractivity contribution is 4.77. The molecule has 0 spiro atoms. The van der Waals surface area contributed by atoms with E-state index in [1.165, 1.54) is 64.7 Å². The van der Waals surface area contributed by atoms with Crippen LogP contribution >= 0.6 is 0 Å². The predicted octanol–water partition coefficient (Wildman–Crippen LogP) is 2.74. The molecule has 16 heavy (non-hydrogen) atoms. The standard InChI is InChI=1S/C14H28N2/c1-13-7-3-5-9-15(13)11-12-16-10-6-4-8-14(16)2/h13-14H,3-12H2,1-2H3. The van der Waals surface area contributed by atoms with Crippen LogP contribution in [0.25, 0.3) is 0 Å². The van der Waals surface area contributed by atoms with E-state index < -0.39 is 0 Å². The Hall–Kier alpha value is -0.0800. The molecule has 0 radical (unpaired) electrons. The summed E-state index contributed by atoms with van der Waals surface area (Å²) in [5.41, 5.74) is 0. The molecule has 94 valence electrons. The summed E-state index contributed by atoms with van der Waals surface area (Å²) in [7, 11) is 0. The summed E-state index contributed by atoms with van der Waals surface area (Å²) >= 11 is 0. The maximum atomic E-state index is 2.70. The zero-order chi connectivity index (χ0) is 11.4. The molecule has 0 bridgehead atoms. The Kier molecular flexibility index (Phi) is 4.66. The number of piperidine rings is 2. The van der Waals surface area contributed by atoms with E-state index in [2.05, 4.69) is 23.6 Å². The molecule has 2 heteroatoms. The second-order valence-electron chi connectivity index (χ2n) is 5.76. The van der Waals surface area contributed by atoms with Gasteiger partial charge in [0.15, 0.2) is 0 Å². The van der Waals surface area contributed by atoms with E-state index in [-0.39, 0.29) is 0 Å². The van der Waals surface area contributed by atoms with Crippen molar-refractivity contribution in [2.45, 2.75) is 64.5 Å². The van der Waals surface area contributed by atoms with Gasteiger partial charge in [-0.25, -0.2) is 0 Å². The van der Waals surface area contributed by atoms with Gasteiger partial charge < -0.3 is 0 Å². The average Bonchev–Trinajstić information content (AvgIpc) is 2.30. The fourth-order valence-corrected chi connectivity index (χ4v) is 3.24. The Labute approximate surface area is 101 Å². The van der Waals surface area contributed by atoms with Gasteiger partial charge >= 0.3 is 0 Å². The minimum Gasteiger partial charge on any atom is -0.299 e. The van der Waals surface area contributed by atoms with Gasteiger partial charge in [0.25, 0.3) is 0 Å². The lowest BCUT2D eigenvalue weighted by Crippen LogP contribution is -2.46. The summed E-state index contributed by atoms with van der Waals surface area (Å²) in [6.07, 6.45) is 8.54. The van der Waals surface area contributed by atoms with E-state index in [4.69, 9.17) is 0 Å². The van der Waals surface area contributed by atoms with Crippen LogP contribution in [0.3, 0.4) is 0 Å². The van der Waals surface area contributed by atoms with Crippen molar-refractivity contribution in [3.05, 3.63) is 0 Å². The monoisotopic (exact) mass is 224 g/mol. The van der Waals surface area contributed by atoms with Crippen molar-refractivity contribution >= 4 is 0 Å². The Morgan fingerprint density at radius 1 is 0.750 bits per heavy atom. The second kappa shape index (κ2) is 6.02. The number of likely N-dealkylation sites (tertiary alicyclic amines) is 2. The third-order valence-electron chi connectivity index (χ3n) is 4.56. The average molecular weight is 224 g/mol. The molecule has 2 heterocycles. The van der Waals surface area contributed by atoms with Crippen LogP contribution in [0.2, 0.25) is 0 Å². The Morgan fingerprint density at radius 2 is 1.19 bits per heavy atom. The van der Waals surface area contributed by atoms with Gasteiger partial charge in [-0.3, -0.25) is 9.80 Å². The molecule has 0 aromatic carbocycles. The van der Waals surface area contributed by atoms with E-state index in [1.807, 2.05) is 0 Å². The molecule has 0 amide bonds. The van der Waals surface area contributed by atoms with Crippen molar-refractivity contribution < 1.29 is 0 Å². The first kappa shape index (κ1) is 12.4. The van der Waals surface area contributed by atoms with Crippen LogP contribution in [0.15, 0.2) is 0 Å². The molecule has 2 atom stereocenters. The topological polar surface area (TPSA) is 6.48 Å². The van der Waals surface area contributed by atoms with Gasteiger partial charge in [-0.05, 0) is 52.6 Å². The Bertz CT molecular complexity index is 183. The van der Waals surface area contributed by atoms with E-state index >= 15 is 0 Å². The third kappa shape index (κ3) is 3.21. The van der Waals surface area contributed by atoms with Gasteiger partial charge in [0.2, 0.25) is 0 Å². The molecule has 0 aromatic heterocycles. The summed E-state index contributed by atoms with van der Waals surface area (Å²) in [4.78, 5) is 5.40. The molecule has 2 saturated heterocycles. The quantitative estimate of drug-likeness (QED) is 0.727. The van der Waals surface area contributed by atoms with Crippen LogP contribution in [0.5, 0.6) is 0 Å². The maximum absolute atomic E-state index is 2.70. The van der Waals surface area contributed by atoms with Gasteiger partial charge in [-0.1, -0.05) is 12.8 Å². The van der Waals surface area contributed by atoms with E-state index in [1.54, 1.807) is 0 Å². The molecular weight excluding hydrogens is 196 g/mol. The highest BCUT2D eigenvalue weighted by Gasteiger charge is 2.21. The van der Waals surface area contributed by atoms with Gasteiger partial charge in [0, 0.05) is 25.2 Å². The van der Waals surface area contributed by atoms with Crippen LogP contribution in [0, 0.1) is 0 Å². The molecule has 2 fully saturated rings. The van der Waals surface area contributed by atoms with Crippen LogP contribution in [-0.2, 0) is 0 Å². The highest BCUT2D eigenvalue weighted by Crippen LogP contribution is 2.18. The van der Waals surface area contributed by atoms with Crippen LogP contribution in [0.4, 0.5) is 0 Å². The second-order valence-corrected chi connectivity index (χ2v) is 5.76. The molecule has 0 aromatic rings. The van der Waals surface area contributed by atoms with Gasteiger partial charge in [0.1, 0.15) is 0 Å². The molecule has 0 aliphatic carbocycles. The van der Waals surface area contributed by atoms with Crippen molar-refractivity contribution in [1.29, 1.82) is 0 Å². The van der Waals surface area contributed by atoms with Gasteiger partial charge in [-0.15, -0.1) is 0 Å². The van der Waals surface area contributed by atoms with E-state index in [0.29, 0.717) is 0 Å². The minimum absolute atomic E-state index is 0.828. The zero-order valence-electron chi connectivity index (χ0n) is 11.1. The lowest BCUT2D eigenvalue weighted by Gasteiger charge is -2.38. The fourth-order valence-electron chi connectivity index (χ4n) is 3.24. The van der Waals surface area contributed by atoms with E-state index in [9.17, 15) is 0 Å². The number of rotatable bonds is 3. The molecule has 2 nitrogen and oxygen atoms in total. The van der Waals surface area contributed by atoms with E-state index in [0.717, 1.165) is 12.1 Å². The lowest BCUT2D eigenvalue weighted by atomic mass is 10.0. The van der Waals surface area contributed by atoms with Crippen LogP contribution in [-0.4, -0.2) is 48.1 Å². The van der Waals surface area contributed by atoms with Crippen molar-refractivity contribution in [3.63, 3.8) is 0 Å². The third-order valence-corrected chi connectivity index (χ3v) is 4.56. The first-order valence-corrected chi connectivity index (χ1v) is 7.25. The number of hydrogen-bond donors (Lipinski definition) is 0. The summed E-state index contributed by atoms with van der Waals surface area (Å²) in [5, 5.41) is 0. The molecule has 2 aliphatic rings. The molecule has 2 rings (SSSR count). The van der Waals surface area contributed by atoms with Crippen molar-refractivity contribution in [2.24, 2.45) is 0 Å². The first-order chi connectivity index (χ1) is 7.77. The summed E-state index contributed by atoms with van der Waals surface area (Å²) in [6.45, 7) is 10.1. The lowest BCUT2D eigenvalue weighted by molar-refractivity contribution is 0.104. The van der Waals surface area contributed by atoms with Crippen molar-refractivity contribution in [2.75, 3.05) is 26.2 Å². The highest BCUT2D eigenvalue weighted by atomic mass is 15.2. The van der Waals surface area contributed by atoms with Crippen molar-refractivity contribution in [1.82, 2.24) is 9.80 Å². The van der Waals surface area contributed by atoms with Crippen LogP contribution in [0.1, 0.15) is 52.4 Å². The largest absolute Gasteiger partial charge is 0.299 e. The first-order valence-electron chi connectivity index (χ1n) is 7.25. The normalized spacial score (nSPS) is 34.1. The predicted molar refractivity (Wildman–Crippen MR) is 69.8 cm³/mol. The van der Waals surface area contributed by atoms with Crippen LogP contribution < -0.4 is 0 Å². The molecule has 2 aliphatic heterocycles. The van der Waals surface area contributed by atoms with Gasteiger partial charge in [-0.2, -0.15) is 0 Å². The van der Waals surface area contributed by atoms with Crippen molar-refractivity contribution in [3.8, 4) is 0 Å². The Balaban J connectivity index is 1.72. The molecule has 0 saturated carbocycles. The summed E-state index contributed by atoms with van der Waals surface area (Å²) in [5.74, 6) is 0. The molecule has 0 N–H and O–H groups in total. The summed E-state index contributed by atoms with van der Waals surface area (Å²) < 4.78 is 0. The maximum Gasteiger partial charge on any atom is 0.0112 e. The fraction of sp³-hybridized carbons (Fsp3) is 1.00. The smallest absolute Gasteiger partial charge is 0.0112 e. The Morgan fingerprint density at radius 3 is 1.56 bits per heavy atom.